The molecule has 3 fully saturated rings. The van der Waals surface area contributed by atoms with Crippen molar-refractivity contribution in [2.45, 2.75) is 49.8 Å². The highest BCUT2D eigenvalue weighted by molar-refractivity contribution is 5.93. The van der Waals surface area contributed by atoms with E-state index in [2.05, 4.69) is 16.0 Å². The smallest absolute Gasteiger partial charge is 0.170 e. The zero-order chi connectivity index (χ0) is 24.2. The molecule has 1 aliphatic carbocycles. The van der Waals surface area contributed by atoms with E-state index < -0.39 is 17.6 Å². The number of methoxy groups -OCH3 is 1. The lowest BCUT2D eigenvalue weighted by Crippen LogP contribution is -2.34. The van der Waals surface area contributed by atoms with Crippen LogP contribution in [0.1, 0.15) is 49.4 Å². The molecule has 1 atom stereocenters. The Morgan fingerprint density at radius 3 is 2.46 bits per heavy atom. The number of piperidine rings is 1. The first-order valence-corrected chi connectivity index (χ1v) is 12.5. The highest BCUT2D eigenvalue weighted by Gasteiger charge is 2.48. The monoisotopic (exact) mass is 480 g/mol. The molecule has 2 aliphatic heterocycles. The van der Waals surface area contributed by atoms with Gasteiger partial charge in [-0.15, -0.1) is 0 Å². The molecule has 0 radical (unpaired) electrons. The van der Waals surface area contributed by atoms with Gasteiger partial charge in [-0.05, 0) is 61.8 Å². The number of fused-ring (bicyclic) bond motifs is 1. The Hall–Kier alpha value is -3.00. The third-order valence-electron chi connectivity index (χ3n) is 7.71. The second kappa shape index (κ2) is 8.59. The van der Waals surface area contributed by atoms with E-state index in [1.54, 1.807) is 7.11 Å². The number of para-hydroxylation sites is 1. The van der Waals surface area contributed by atoms with Gasteiger partial charge in [-0.25, -0.2) is 18.7 Å². The quantitative estimate of drug-likeness (QED) is 0.572. The lowest BCUT2D eigenvalue weighted by Gasteiger charge is -2.34. The summed E-state index contributed by atoms with van der Waals surface area (Å²) in [5.74, 6) is 1.47. The van der Waals surface area contributed by atoms with E-state index in [1.807, 2.05) is 29.2 Å². The van der Waals surface area contributed by atoms with Gasteiger partial charge in [-0.3, -0.25) is 0 Å². The van der Waals surface area contributed by atoms with E-state index in [-0.39, 0.29) is 11.3 Å². The number of rotatable bonds is 5. The molecule has 184 valence electrons. The summed E-state index contributed by atoms with van der Waals surface area (Å²) >= 11 is 0. The van der Waals surface area contributed by atoms with Gasteiger partial charge >= 0.3 is 0 Å². The van der Waals surface area contributed by atoms with E-state index >= 15 is 8.78 Å². The Labute approximate surface area is 203 Å². The average Bonchev–Trinajstić information content (AvgIpc) is 3.49. The maximum absolute atomic E-state index is 15.4. The number of aliphatic hydroxyl groups is 1. The van der Waals surface area contributed by atoms with Crippen molar-refractivity contribution in [3.05, 3.63) is 53.6 Å². The van der Waals surface area contributed by atoms with Gasteiger partial charge < -0.3 is 19.6 Å². The van der Waals surface area contributed by atoms with E-state index in [0.29, 0.717) is 55.2 Å². The Kier molecular flexibility index (Phi) is 5.51. The molecule has 0 amide bonds. The van der Waals surface area contributed by atoms with Gasteiger partial charge in [-0.2, -0.15) is 0 Å². The standard InChI is InChI=1S/C27H30F2N4O2/c1-35-23-5-3-2-4-20(23)17-6-11-32(12-7-17)25-21-14-18(33-13-8-19(34)16-33)15-22(28)24(21)30-26(31-25)27(29)9-10-27/h2-5,14-15,17,19,34H,6-13,16H2,1H3/t19-/m0/s1. The summed E-state index contributed by atoms with van der Waals surface area (Å²) in [6, 6.07) is 11.5. The molecular weight excluding hydrogens is 450 g/mol. The maximum Gasteiger partial charge on any atom is 0.170 e. The first-order valence-electron chi connectivity index (χ1n) is 12.5. The summed E-state index contributed by atoms with van der Waals surface area (Å²) in [6.07, 6.45) is 2.77. The van der Waals surface area contributed by atoms with E-state index in [0.717, 1.165) is 31.7 Å². The van der Waals surface area contributed by atoms with Gasteiger partial charge in [0.05, 0.1) is 13.2 Å². The van der Waals surface area contributed by atoms with Crippen LogP contribution in [0.3, 0.4) is 0 Å². The van der Waals surface area contributed by atoms with Gasteiger partial charge in [-0.1, -0.05) is 18.2 Å². The SMILES string of the molecule is COc1ccccc1C1CCN(c2nc(C3(F)CC3)nc3c(F)cc(N4CC[C@H](O)C4)cc23)CC1. The van der Waals surface area contributed by atoms with Crippen LogP contribution in [0.25, 0.3) is 10.9 Å². The van der Waals surface area contributed by atoms with Crippen LogP contribution in [-0.2, 0) is 5.67 Å². The van der Waals surface area contributed by atoms with Crippen molar-refractivity contribution < 1.29 is 18.6 Å². The molecule has 3 heterocycles. The molecule has 2 saturated heterocycles. The average molecular weight is 481 g/mol. The van der Waals surface area contributed by atoms with E-state index in [9.17, 15) is 5.11 Å². The van der Waals surface area contributed by atoms with Crippen molar-refractivity contribution in [3.63, 3.8) is 0 Å². The van der Waals surface area contributed by atoms with Crippen molar-refractivity contribution in [1.29, 1.82) is 0 Å². The number of hydrogen-bond acceptors (Lipinski definition) is 6. The summed E-state index contributed by atoms with van der Waals surface area (Å²) in [4.78, 5) is 13.2. The number of hydrogen-bond donors (Lipinski definition) is 1. The molecule has 0 bridgehead atoms. The highest BCUT2D eigenvalue weighted by atomic mass is 19.1. The summed E-state index contributed by atoms with van der Waals surface area (Å²) in [5, 5.41) is 10.6. The number of β-amino-alcohol motifs (C(OH)–C–C–N with tert-alkyl or cyclic N) is 1. The first kappa shape index (κ1) is 22.5. The largest absolute Gasteiger partial charge is 0.496 e. The predicted octanol–water partition coefficient (Wildman–Crippen LogP) is 4.69. The van der Waals surface area contributed by atoms with Crippen LogP contribution in [0.4, 0.5) is 20.3 Å². The minimum absolute atomic E-state index is 0.0927. The molecular formula is C27H30F2N4O2. The van der Waals surface area contributed by atoms with Gasteiger partial charge in [0.1, 0.15) is 17.1 Å². The van der Waals surface area contributed by atoms with Crippen molar-refractivity contribution in [2.75, 3.05) is 43.1 Å². The fourth-order valence-electron chi connectivity index (χ4n) is 5.50. The minimum atomic E-state index is -1.55. The lowest BCUT2D eigenvalue weighted by atomic mass is 9.88. The van der Waals surface area contributed by atoms with Crippen LogP contribution in [0.15, 0.2) is 36.4 Å². The number of nitrogens with zero attached hydrogens (tertiary/aromatic N) is 4. The van der Waals surface area contributed by atoms with Crippen LogP contribution in [-0.4, -0.2) is 54.5 Å². The molecule has 0 unspecified atom stereocenters. The molecule has 3 aromatic rings. The van der Waals surface area contributed by atoms with Crippen molar-refractivity contribution in [3.8, 4) is 5.75 Å². The van der Waals surface area contributed by atoms with E-state index in [1.165, 1.54) is 11.6 Å². The maximum atomic E-state index is 15.4. The van der Waals surface area contributed by atoms with Crippen LogP contribution < -0.4 is 14.5 Å². The second-order valence-corrected chi connectivity index (χ2v) is 10.1. The van der Waals surface area contributed by atoms with Crippen LogP contribution in [0, 0.1) is 5.82 Å². The number of ether oxygens (including phenoxy) is 1. The van der Waals surface area contributed by atoms with Crippen molar-refractivity contribution in [1.82, 2.24) is 9.97 Å². The molecule has 35 heavy (non-hydrogen) atoms. The van der Waals surface area contributed by atoms with Crippen LogP contribution >= 0.6 is 0 Å². The third kappa shape index (κ3) is 4.07. The first-order chi connectivity index (χ1) is 16.9. The van der Waals surface area contributed by atoms with Gasteiger partial charge in [0.2, 0.25) is 0 Å². The summed E-state index contributed by atoms with van der Waals surface area (Å²) < 4.78 is 36.0. The number of anilines is 2. The van der Waals surface area contributed by atoms with E-state index in [4.69, 9.17) is 9.72 Å². The zero-order valence-corrected chi connectivity index (χ0v) is 19.9. The Bertz CT molecular complexity index is 1260. The Morgan fingerprint density at radius 1 is 1.03 bits per heavy atom. The topological polar surface area (TPSA) is 61.7 Å². The summed E-state index contributed by atoms with van der Waals surface area (Å²) in [5.41, 5.74) is 0.520. The van der Waals surface area contributed by atoms with Gasteiger partial charge in [0.25, 0.3) is 0 Å². The molecule has 1 saturated carbocycles. The molecule has 2 aromatic carbocycles. The van der Waals surface area contributed by atoms with Gasteiger partial charge in [0, 0.05) is 37.3 Å². The molecule has 3 aliphatic rings. The predicted molar refractivity (Wildman–Crippen MR) is 132 cm³/mol. The Balaban J connectivity index is 1.36. The Morgan fingerprint density at radius 2 is 1.77 bits per heavy atom. The second-order valence-electron chi connectivity index (χ2n) is 10.1. The molecule has 1 N–H and O–H groups in total. The lowest BCUT2D eigenvalue weighted by molar-refractivity contribution is 0.198. The summed E-state index contributed by atoms with van der Waals surface area (Å²) in [7, 11) is 1.69. The fourth-order valence-corrected chi connectivity index (χ4v) is 5.50. The van der Waals surface area contributed by atoms with Gasteiger partial charge in [0.15, 0.2) is 17.3 Å². The zero-order valence-electron chi connectivity index (χ0n) is 19.9. The summed E-state index contributed by atoms with van der Waals surface area (Å²) in [6.45, 7) is 2.58. The number of aromatic nitrogens is 2. The molecule has 6 nitrogen and oxygen atoms in total. The van der Waals surface area contributed by atoms with Crippen molar-refractivity contribution >= 4 is 22.4 Å². The molecule has 1 aromatic heterocycles. The molecule has 0 spiro atoms. The third-order valence-corrected chi connectivity index (χ3v) is 7.71. The molecule has 6 rings (SSSR count). The number of halogens is 2. The minimum Gasteiger partial charge on any atom is -0.496 e. The molecule has 8 heteroatoms. The van der Waals surface area contributed by atoms with Crippen LogP contribution in [0.2, 0.25) is 0 Å². The number of aliphatic hydroxyl groups excluding tert-OH is 1. The number of alkyl halides is 1. The highest BCUT2D eigenvalue weighted by Crippen LogP contribution is 2.49. The number of benzene rings is 2. The van der Waals surface area contributed by atoms with Crippen molar-refractivity contribution in [2.24, 2.45) is 0 Å². The normalized spacial score (nSPS) is 22.1. The van der Waals surface area contributed by atoms with Crippen LogP contribution in [0.5, 0.6) is 5.75 Å². The fraction of sp³-hybridized carbons (Fsp3) is 0.481.